The molecule has 1 saturated heterocycles. The van der Waals surface area contributed by atoms with Crippen molar-refractivity contribution < 1.29 is 28.6 Å². The normalized spacial score (nSPS) is 17.0. The molecule has 4 rings (SSSR count). The molecule has 3 aromatic rings. The number of halogens is 1. The number of ether oxygens (including phenoxy) is 2. The second kappa shape index (κ2) is 11.4. The summed E-state index contributed by atoms with van der Waals surface area (Å²) in [6.45, 7) is 2.73. The van der Waals surface area contributed by atoms with Gasteiger partial charge in [-0.25, -0.2) is 0 Å². The number of likely N-dealkylation sites (tertiary alicyclic amines) is 1. The van der Waals surface area contributed by atoms with Gasteiger partial charge in [-0.3, -0.25) is 9.59 Å². The van der Waals surface area contributed by atoms with Crippen LogP contribution in [0.1, 0.15) is 49.1 Å². The monoisotopic (exact) mass is 509 g/mol. The van der Waals surface area contributed by atoms with Gasteiger partial charge in [0.15, 0.2) is 11.5 Å². The lowest BCUT2D eigenvalue weighted by molar-refractivity contribution is -0.140. The number of rotatable bonds is 10. The maximum absolute atomic E-state index is 13.2. The number of Topliss-reactive ketones (excluding diaryl/α,β-unsaturated/α-hetero) is 1. The van der Waals surface area contributed by atoms with Crippen molar-refractivity contribution in [2.45, 2.75) is 38.8 Å². The van der Waals surface area contributed by atoms with Crippen molar-refractivity contribution in [3.8, 4) is 11.5 Å². The summed E-state index contributed by atoms with van der Waals surface area (Å²) in [5.74, 6) is -0.243. The third-order valence-electron chi connectivity index (χ3n) is 6.07. The van der Waals surface area contributed by atoms with Crippen LogP contribution in [0.15, 0.2) is 70.9 Å². The number of unbranched alkanes of at least 4 members (excludes halogenated alkanes) is 2. The molecule has 8 heteroatoms. The van der Waals surface area contributed by atoms with Gasteiger partial charge in [0.25, 0.3) is 11.7 Å². The zero-order valence-corrected chi connectivity index (χ0v) is 21.0. The van der Waals surface area contributed by atoms with Crippen molar-refractivity contribution in [1.82, 2.24) is 4.90 Å². The van der Waals surface area contributed by atoms with E-state index in [1.165, 1.54) is 18.3 Å². The predicted octanol–water partition coefficient (Wildman–Crippen LogP) is 6.13. The van der Waals surface area contributed by atoms with Gasteiger partial charge in [-0.05, 0) is 60.5 Å². The largest absolute Gasteiger partial charge is 0.507 e. The second-order valence-electron chi connectivity index (χ2n) is 8.48. The lowest BCUT2D eigenvalue weighted by atomic mass is 9.95. The fraction of sp³-hybridized carbons (Fsp3) is 0.286. The zero-order chi connectivity index (χ0) is 25.7. The van der Waals surface area contributed by atoms with Crippen molar-refractivity contribution in [3.05, 3.63) is 88.3 Å². The molecule has 0 saturated carbocycles. The van der Waals surface area contributed by atoms with Gasteiger partial charge in [-0.1, -0.05) is 37.4 Å². The van der Waals surface area contributed by atoms with Crippen molar-refractivity contribution >= 4 is 29.1 Å². The van der Waals surface area contributed by atoms with Crippen LogP contribution in [0.5, 0.6) is 11.5 Å². The van der Waals surface area contributed by atoms with E-state index in [1.54, 1.807) is 54.6 Å². The van der Waals surface area contributed by atoms with Crippen LogP contribution in [-0.4, -0.2) is 35.4 Å². The highest BCUT2D eigenvalue weighted by Gasteiger charge is 2.46. The van der Waals surface area contributed by atoms with Gasteiger partial charge in [0.05, 0.1) is 38.1 Å². The van der Waals surface area contributed by atoms with Crippen molar-refractivity contribution in [2.75, 3.05) is 13.7 Å². The number of benzene rings is 2. The Labute approximate surface area is 214 Å². The number of hydrogen-bond donors (Lipinski definition) is 1. The zero-order valence-electron chi connectivity index (χ0n) is 20.2. The average Bonchev–Trinajstić information content (AvgIpc) is 3.49. The van der Waals surface area contributed by atoms with Crippen LogP contribution in [0, 0.1) is 0 Å². The summed E-state index contributed by atoms with van der Waals surface area (Å²) in [7, 11) is 1.53. The van der Waals surface area contributed by atoms with Crippen LogP contribution in [0.3, 0.4) is 0 Å². The molecular weight excluding hydrogens is 482 g/mol. The molecule has 1 atom stereocenters. The van der Waals surface area contributed by atoms with Gasteiger partial charge in [0.1, 0.15) is 11.5 Å². The molecule has 1 aliphatic heterocycles. The smallest absolute Gasteiger partial charge is 0.296 e. The van der Waals surface area contributed by atoms with Gasteiger partial charge in [0.2, 0.25) is 0 Å². The molecule has 1 N–H and O–H groups in total. The summed E-state index contributed by atoms with van der Waals surface area (Å²) in [6.07, 6.45) is 4.57. The number of carbonyl (C=O) groups is 2. The highest BCUT2D eigenvalue weighted by Crippen LogP contribution is 2.42. The van der Waals surface area contributed by atoms with E-state index < -0.39 is 17.7 Å². The number of amides is 1. The molecule has 0 radical (unpaired) electrons. The van der Waals surface area contributed by atoms with Crippen LogP contribution in [0.25, 0.3) is 5.76 Å². The van der Waals surface area contributed by atoms with Gasteiger partial charge in [-0.15, -0.1) is 0 Å². The summed E-state index contributed by atoms with van der Waals surface area (Å²) in [6, 6.07) is 14.3. The number of nitrogens with zero attached hydrogens (tertiary/aromatic N) is 1. The van der Waals surface area contributed by atoms with E-state index in [1.807, 2.05) is 0 Å². The fourth-order valence-corrected chi connectivity index (χ4v) is 4.36. The van der Waals surface area contributed by atoms with Crippen molar-refractivity contribution in [1.29, 1.82) is 0 Å². The van der Waals surface area contributed by atoms with E-state index in [2.05, 4.69) is 6.92 Å². The Morgan fingerprint density at radius 1 is 1.08 bits per heavy atom. The van der Waals surface area contributed by atoms with E-state index in [4.69, 9.17) is 25.5 Å². The molecule has 0 spiro atoms. The first kappa shape index (κ1) is 25.4. The molecule has 0 bridgehead atoms. The maximum Gasteiger partial charge on any atom is 0.296 e. The summed E-state index contributed by atoms with van der Waals surface area (Å²) < 4.78 is 16.9. The predicted molar refractivity (Wildman–Crippen MR) is 136 cm³/mol. The summed E-state index contributed by atoms with van der Waals surface area (Å²) in [4.78, 5) is 27.8. The molecule has 1 aromatic heterocycles. The molecule has 1 amide bonds. The Morgan fingerprint density at radius 2 is 1.86 bits per heavy atom. The van der Waals surface area contributed by atoms with Crippen LogP contribution in [0.2, 0.25) is 5.02 Å². The van der Waals surface area contributed by atoms with Crippen molar-refractivity contribution in [2.24, 2.45) is 0 Å². The quantitative estimate of drug-likeness (QED) is 0.153. The SMILES string of the molecule is CCCCCOc1ccc(C2/C(=C(\O)c3ccc(Cl)cc3)C(=O)C(=O)N2Cc2ccco2)cc1OC. The van der Waals surface area contributed by atoms with Crippen molar-refractivity contribution in [3.63, 3.8) is 0 Å². The number of methoxy groups -OCH3 is 1. The third-order valence-corrected chi connectivity index (χ3v) is 6.32. The molecular formula is C28H28ClNO6. The van der Waals surface area contributed by atoms with Crippen LogP contribution in [0.4, 0.5) is 0 Å². The number of hydrogen-bond acceptors (Lipinski definition) is 6. The summed E-state index contributed by atoms with van der Waals surface area (Å²) >= 11 is 5.99. The number of furan rings is 1. The Hall–Kier alpha value is -3.71. The Kier molecular flexibility index (Phi) is 8.00. The lowest BCUT2D eigenvalue weighted by Gasteiger charge is -2.25. The first-order chi connectivity index (χ1) is 17.4. The van der Waals surface area contributed by atoms with Crippen LogP contribution >= 0.6 is 11.6 Å². The fourth-order valence-electron chi connectivity index (χ4n) is 4.23. The van der Waals surface area contributed by atoms with Gasteiger partial charge in [0, 0.05) is 10.6 Å². The van der Waals surface area contributed by atoms with E-state index in [9.17, 15) is 14.7 Å². The molecule has 1 aliphatic rings. The highest BCUT2D eigenvalue weighted by atomic mass is 35.5. The average molecular weight is 510 g/mol. The number of carbonyl (C=O) groups excluding carboxylic acids is 2. The Balaban J connectivity index is 1.78. The summed E-state index contributed by atoms with van der Waals surface area (Å²) in [5, 5.41) is 11.7. The van der Waals surface area contributed by atoms with Crippen LogP contribution in [-0.2, 0) is 16.1 Å². The Bertz CT molecular complexity index is 1250. The maximum atomic E-state index is 13.2. The standard InChI is InChI=1S/C28H28ClNO6/c1-3-4-5-14-36-22-13-10-19(16-23(22)34-2)25-24(26(31)18-8-11-20(29)12-9-18)27(32)28(33)30(25)17-21-7-6-15-35-21/h6-13,15-16,25,31H,3-5,14,17H2,1-2H3/b26-24+. The summed E-state index contributed by atoms with van der Waals surface area (Å²) in [5.41, 5.74) is 0.949. The molecule has 0 aliphatic carbocycles. The van der Waals surface area contributed by atoms with E-state index >= 15 is 0 Å². The molecule has 7 nitrogen and oxygen atoms in total. The lowest BCUT2D eigenvalue weighted by Crippen LogP contribution is -2.29. The first-order valence-corrected chi connectivity index (χ1v) is 12.2. The van der Waals surface area contributed by atoms with Gasteiger partial charge < -0.3 is 23.9 Å². The second-order valence-corrected chi connectivity index (χ2v) is 8.92. The minimum Gasteiger partial charge on any atom is -0.507 e. The number of ketones is 1. The third kappa shape index (κ3) is 5.26. The molecule has 188 valence electrons. The van der Waals surface area contributed by atoms with E-state index in [0.717, 1.165) is 19.3 Å². The molecule has 2 aromatic carbocycles. The topological polar surface area (TPSA) is 89.2 Å². The number of aliphatic hydroxyl groups excluding tert-OH is 1. The van der Waals surface area contributed by atoms with E-state index in [-0.39, 0.29) is 17.9 Å². The number of aliphatic hydroxyl groups is 1. The minimum atomic E-state index is -0.867. The Morgan fingerprint density at radius 3 is 2.53 bits per heavy atom. The van der Waals surface area contributed by atoms with Crippen LogP contribution < -0.4 is 9.47 Å². The first-order valence-electron chi connectivity index (χ1n) is 11.8. The molecule has 1 fully saturated rings. The van der Waals surface area contributed by atoms with Gasteiger partial charge >= 0.3 is 0 Å². The van der Waals surface area contributed by atoms with Gasteiger partial charge in [-0.2, -0.15) is 0 Å². The highest BCUT2D eigenvalue weighted by molar-refractivity contribution is 6.46. The minimum absolute atomic E-state index is 0.0208. The van der Waals surface area contributed by atoms with E-state index in [0.29, 0.717) is 40.0 Å². The molecule has 1 unspecified atom stereocenters. The molecule has 36 heavy (non-hydrogen) atoms. The molecule has 2 heterocycles.